The fourth-order valence-corrected chi connectivity index (χ4v) is 3.19. The lowest BCUT2D eigenvalue weighted by Crippen LogP contribution is -2.60. The fourth-order valence-electron chi connectivity index (χ4n) is 2.95. The summed E-state index contributed by atoms with van der Waals surface area (Å²) < 4.78 is 0. The molecule has 0 bridgehead atoms. The first-order valence-corrected chi connectivity index (χ1v) is 11.4. The zero-order valence-corrected chi connectivity index (χ0v) is 19.9. The van der Waals surface area contributed by atoms with Crippen LogP contribution < -0.4 is 21.7 Å². The van der Waals surface area contributed by atoms with Gasteiger partial charge < -0.3 is 31.9 Å². The van der Waals surface area contributed by atoms with Crippen LogP contribution in [0.4, 0.5) is 0 Å². The third-order valence-corrected chi connectivity index (χ3v) is 5.70. The Morgan fingerprint density at radius 1 is 0.970 bits per heavy atom. The van der Waals surface area contributed by atoms with Crippen molar-refractivity contribution in [2.75, 3.05) is 5.75 Å². The van der Waals surface area contributed by atoms with E-state index in [-0.39, 0.29) is 18.1 Å². The Morgan fingerprint density at radius 2 is 1.55 bits per heavy atom. The van der Waals surface area contributed by atoms with Gasteiger partial charge in [-0.1, -0.05) is 50.6 Å². The van der Waals surface area contributed by atoms with Gasteiger partial charge in [0.25, 0.3) is 0 Å². The zero-order chi connectivity index (χ0) is 25.1. The van der Waals surface area contributed by atoms with Crippen molar-refractivity contribution in [1.29, 1.82) is 0 Å². The van der Waals surface area contributed by atoms with E-state index in [0.29, 0.717) is 12.0 Å². The average Bonchev–Trinajstić information content (AvgIpc) is 2.79. The Labute approximate surface area is 199 Å². The van der Waals surface area contributed by atoms with Gasteiger partial charge in [0.2, 0.25) is 17.7 Å². The summed E-state index contributed by atoms with van der Waals surface area (Å²) in [7, 11) is 0. The summed E-state index contributed by atoms with van der Waals surface area (Å²) in [5.74, 6) is -3.70. The molecule has 10 nitrogen and oxygen atoms in total. The maximum atomic E-state index is 12.9. The standard InChI is InChI=1S/C22H34N4O6S/c1-4-12(2)17(23)20(29)26-18(13(3)27)21(30)24-15(10-14-8-6-5-7-9-14)19(28)25-16(11-33)22(31)32/h5-9,12-13,15-18,27,33H,4,10-11,23H2,1-3H3,(H,24,30)(H,25,28)(H,26,29)(H,31,32). The quantitative estimate of drug-likeness (QED) is 0.185. The molecule has 7 N–H and O–H groups in total. The van der Waals surface area contributed by atoms with Gasteiger partial charge >= 0.3 is 5.97 Å². The van der Waals surface area contributed by atoms with Crippen molar-refractivity contribution in [1.82, 2.24) is 16.0 Å². The lowest BCUT2D eigenvalue weighted by molar-refractivity contribution is -0.141. The molecule has 33 heavy (non-hydrogen) atoms. The number of carboxylic acid groups (broad SMARTS) is 1. The molecule has 0 fully saturated rings. The third kappa shape index (κ3) is 9.03. The van der Waals surface area contributed by atoms with Crippen LogP contribution in [0.2, 0.25) is 0 Å². The smallest absolute Gasteiger partial charge is 0.327 e. The summed E-state index contributed by atoms with van der Waals surface area (Å²) in [6, 6.07) is 4.15. The predicted molar refractivity (Wildman–Crippen MR) is 127 cm³/mol. The van der Waals surface area contributed by atoms with E-state index in [9.17, 15) is 29.4 Å². The number of aliphatic hydroxyl groups is 1. The van der Waals surface area contributed by atoms with Gasteiger partial charge in [0.05, 0.1) is 12.1 Å². The van der Waals surface area contributed by atoms with Gasteiger partial charge in [0.1, 0.15) is 18.1 Å². The van der Waals surface area contributed by atoms with Gasteiger partial charge in [-0.25, -0.2) is 4.79 Å². The molecule has 0 spiro atoms. The molecule has 0 aromatic heterocycles. The van der Waals surface area contributed by atoms with Gasteiger partial charge in [0.15, 0.2) is 0 Å². The average molecular weight is 483 g/mol. The van der Waals surface area contributed by atoms with E-state index in [2.05, 4.69) is 28.6 Å². The Morgan fingerprint density at radius 3 is 2.03 bits per heavy atom. The predicted octanol–water partition coefficient (Wildman–Crippen LogP) is -0.548. The summed E-state index contributed by atoms with van der Waals surface area (Å²) in [6.07, 6.45) is -0.567. The number of hydrogen-bond acceptors (Lipinski definition) is 7. The van der Waals surface area contributed by atoms with Crippen molar-refractivity contribution in [3.63, 3.8) is 0 Å². The normalized spacial score (nSPS) is 16.4. The van der Waals surface area contributed by atoms with Gasteiger partial charge in [0, 0.05) is 12.2 Å². The summed E-state index contributed by atoms with van der Waals surface area (Å²) >= 11 is 3.93. The number of carbonyl (C=O) groups is 4. The van der Waals surface area contributed by atoms with Crippen LogP contribution in [-0.4, -0.2) is 69.9 Å². The second kappa shape index (κ2) is 13.8. The summed E-state index contributed by atoms with van der Waals surface area (Å²) in [4.78, 5) is 49.5. The van der Waals surface area contributed by atoms with Crippen LogP contribution in [0.25, 0.3) is 0 Å². The SMILES string of the molecule is CCC(C)C(N)C(=O)NC(C(=O)NC(Cc1ccccc1)C(=O)NC(CS)C(=O)O)C(C)O. The van der Waals surface area contributed by atoms with Crippen LogP contribution in [0.1, 0.15) is 32.8 Å². The molecule has 1 aromatic carbocycles. The molecule has 11 heteroatoms. The Hall–Kier alpha value is -2.63. The van der Waals surface area contributed by atoms with Gasteiger partial charge in [-0.05, 0) is 18.4 Å². The molecule has 0 aliphatic heterocycles. The number of amides is 3. The maximum absolute atomic E-state index is 12.9. The lowest BCUT2D eigenvalue weighted by Gasteiger charge is -2.27. The minimum absolute atomic E-state index is 0.0597. The second-order valence-corrected chi connectivity index (χ2v) is 8.34. The molecule has 184 valence electrons. The van der Waals surface area contributed by atoms with Crippen LogP contribution in [0.3, 0.4) is 0 Å². The van der Waals surface area contributed by atoms with Crippen molar-refractivity contribution in [3.8, 4) is 0 Å². The number of hydrogen-bond donors (Lipinski definition) is 7. The van der Waals surface area contributed by atoms with Crippen molar-refractivity contribution in [2.45, 2.75) is 63.9 Å². The van der Waals surface area contributed by atoms with E-state index in [0.717, 1.165) is 0 Å². The first-order valence-electron chi connectivity index (χ1n) is 10.7. The van der Waals surface area contributed by atoms with E-state index in [1.807, 2.05) is 6.92 Å². The van der Waals surface area contributed by atoms with Crippen LogP contribution in [0.5, 0.6) is 0 Å². The van der Waals surface area contributed by atoms with Crippen LogP contribution in [0.15, 0.2) is 30.3 Å². The van der Waals surface area contributed by atoms with Gasteiger partial charge in [-0.3, -0.25) is 14.4 Å². The first-order chi connectivity index (χ1) is 15.5. The van der Waals surface area contributed by atoms with E-state index in [4.69, 9.17) is 5.73 Å². The van der Waals surface area contributed by atoms with Gasteiger partial charge in [-0.15, -0.1) is 0 Å². The summed E-state index contributed by atoms with van der Waals surface area (Å²) in [5.41, 5.74) is 6.63. The van der Waals surface area contributed by atoms with Crippen LogP contribution in [-0.2, 0) is 25.6 Å². The first kappa shape index (κ1) is 28.4. The van der Waals surface area contributed by atoms with Gasteiger partial charge in [-0.2, -0.15) is 12.6 Å². The maximum Gasteiger partial charge on any atom is 0.327 e. The molecule has 6 atom stereocenters. The molecule has 0 saturated heterocycles. The van der Waals surface area contributed by atoms with E-state index < -0.39 is 54.0 Å². The third-order valence-electron chi connectivity index (χ3n) is 5.34. The topological polar surface area (TPSA) is 171 Å². The molecule has 0 aliphatic rings. The number of thiol groups is 1. The Kier molecular flexibility index (Phi) is 11.9. The number of nitrogens with one attached hydrogen (secondary N) is 3. The number of carbonyl (C=O) groups excluding carboxylic acids is 3. The fraction of sp³-hybridized carbons (Fsp3) is 0.545. The largest absolute Gasteiger partial charge is 0.480 e. The highest BCUT2D eigenvalue weighted by Crippen LogP contribution is 2.08. The Balaban J connectivity index is 3.06. The van der Waals surface area contributed by atoms with Crippen LogP contribution in [0, 0.1) is 5.92 Å². The van der Waals surface area contributed by atoms with E-state index >= 15 is 0 Å². The van der Waals surface area contributed by atoms with E-state index in [1.54, 1.807) is 37.3 Å². The summed E-state index contributed by atoms with van der Waals surface area (Å²) in [6.45, 7) is 4.99. The molecular formula is C22H34N4O6S. The molecule has 1 rings (SSSR count). The molecule has 0 saturated carbocycles. The van der Waals surface area contributed by atoms with Crippen molar-refractivity contribution in [3.05, 3.63) is 35.9 Å². The number of benzene rings is 1. The molecule has 0 aliphatic carbocycles. The summed E-state index contributed by atoms with van der Waals surface area (Å²) in [5, 5.41) is 26.6. The monoisotopic (exact) mass is 482 g/mol. The molecule has 3 amide bonds. The molecule has 6 unspecified atom stereocenters. The number of rotatable bonds is 13. The highest BCUT2D eigenvalue weighted by molar-refractivity contribution is 7.80. The Bertz CT molecular complexity index is 807. The van der Waals surface area contributed by atoms with Crippen LogP contribution >= 0.6 is 12.6 Å². The molecule has 0 radical (unpaired) electrons. The molecule has 1 aromatic rings. The van der Waals surface area contributed by atoms with Crippen molar-refractivity contribution < 1.29 is 29.4 Å². The van der Waals surface area contributed by atoms with Crippen molar-refractivity contribution in [2.24, 2.45) is 11.7 Å². The van der Waals surface area contributed by atoms with E-state index in [1.165, 1.54) is 6.92 Å². The number of aliphatic carboxylic acids is 1. The number of aliphatic hydroxyl groups excluding tert-OH is 1. The highest BCUT2D eigenvalue weighted by Gasteiger charge is 2.33. The lowest BCUT2D eigenvalue weighted by atomic mass is 9.98. The number of carboxylic acids is 1. The number of nitrogens with two attached hydrogens (primary N) is 1. The zero-order valence-electron chi connectivity index (χ0n) is 19.0. The minimum atomic E-state index is -1.36. The molecule has 0 heterocycles. The highest BCUT2D eigenvalue weighted by atomic mass is 32.1. The van der Waals surface area contributed by atoms with Crippen molar-refractivity contribution >= 4 is 36.3 Å². The second-order valence-electron chi connectivity index (χ2n) is 7.97. The minimum Gasteiger partial charge on any atom is -0.480 e. The molecular weight excluding hydrogens is 448 g/mol.